The van der Waals surface area contributed by atoms with Crippen molar-refractivity contribution in [2.75, 3.05) is 66.4 Å². The number of carbonyl (C=O) groups excluding carboxylic acids is 1. The Morgan fingerprint density at radius 1 is 0.850 bits per heavy atom. The van der Waals surface area contributed by atoms with Gasteiger partial charge in [0.15, 0.2) is 5.78 Å². The van der Waals surface area contributed by atoms with Crippen LogP contribution in [0.3, 0.4) is 0 Å². The summed E-state index contributed by atoms with van der Waals surface area (Å²) in [5, 5.41) is 3.00. The Morgan fingerprint density at radius 3 is 1.75 bits per heavy atom. The van der Waals surface area contributed by atoms with Crippen molar-refractivity contribution < 1.29 is 23.7 Å². The molecule has 0 aliphatic rings. The first-order valence-corrected chi connectivity index (χ1v) is 7.16. The van der Waals surface area contributed by atoms with Crippen molar-refractivity contribution in [1.29, 1.82) is 0 Å². The summed E-state index contributed by atoms with van der Waals surface area (Å²) >= 11 is 0. The van der Waals surface area contributed by atoms with Gasteiger partial charge in [-0.3, -0.25) is 4.79 Å². The van der Waals surface area contributed by atoms with Crippen molar-refractivity contribution in [3.8, 4) is 0 Å². The van der Waals surface area contributed by atoms with Gasteiger partial charge < -0.3 is 24.3 Å². The van der Waals surface area contributed by atoms with E-state index < -0.39 is 0 Å². The fraction of sp³-hybridized carbons (Fsp3) is 0.929. The topological polar surface area (TPSA) is 66.0 Å². The summed E-state index contributed by atoms with van der Waals surface area (Å²) in [6.07, 6.45) is 0. The molecule has 6 heteroatoms. The maximum atomic E-state index is 11.2. The predicted octanol–water partition coefficient (Wildman–Crippen LogP) is 0.497. The van der Waals surface area contributed by atoms with Crippen LogP contribution < -0.4 is 5.32 Å². The van der Waals surface area contributed by atoms with E-state index in [0.717, 1.165) is 6.54 Å². The third-order valence-corrected chi connectivity index (χ3v) is 2.50. The fourth-order valence-electron chi connectivity index (χ4n) is 1.17. The molecule has 0 saturated carbocycles. The van der Waals surface area contributed by atoms with E-state index in [4.69, 9.17) is 18.9 Å². The Morgan fingerprint density at radius 2 is 1.30 bits per heavy atom. The molecule has 0 aromatic rings. The third kappa shape index (κ3) is 13.9. The number of ether oxygens (including phenoxy) is 4. The Balaban J connectivity index is 3.04. The van der Waals surface area contributed by atoms with E-state index in [1.807, 2.05) is 20.9 Å². The Kier molecular flexibility index (Phi) is 14.5. The standard InChI is InChI=1S/C14H29NO5/c1-13(2)14(16)12-20-11-10-19-9-8-18-7-6-17-5-4-15-3/h13,15H,4-12H2,1-3H3. The number of carbonyl (C=O) groups is 1. The predicted molar refractivity (Wildman–Crippen MR) is 77.0 cm³/mol. The molecule has 1 N–H and O–H groups in total. The zero-order valence-corrected chi connectivity index (χ0v) is 13.0. The first-order valence-electron chi connectivity index (χ1n) is 7.16. The molecule has 0 spiro atoms. The van der Waals surface area contributed by atoms with Crippen LogP contribution in [-0.2, 0) is 23.7 Å². The second-order valence-electron chi connectivity index (χ2n) is 4.61. The van der Waals surface area contributed by atoms with Crippen molar-refractivity contribution in [2.45, 2.75) is 13.8 Å². The molecule has 0 aliphatic heterocycles. The van der Waals surface area contributed by atoms with Gasteiger partial charge in [0.2, 0.25) is 0 Å². The molecule has 0 aliphatic carbocycles. The summed E-state index contributed by atoms with van der Waals surface area (Å²) in [5.41, 5.74) is 0. The number of hydrogen-bond acceptors (Lipinski definition) is 6. The van der Waals surface area contributed by atoms with Crippen LogP contribution in [0.25, 0.3) is 0 Å². The van der Waals surface area contributed by atoms with Gasteiger partial charge in [-0.15, -0.1) is 0 Å². The lowest BCUT2D eigenvalue weighted by Gasteiger charge is -2.08. The summed E-state index contributed by atoms with van der Waals surface area (Å²) in [5.74, 6) is 0.145. The quantitative estimate of drug-likeness (QED) is 0.443. The van der Waals surface area contributed by atoms with Gasteiger partial charge in [-0.25, -0.2) is 0 Å². The van der Waals surface area contributed by atoms with Crippen LogP contribution in [0.15, 0.2) is 0 Å². The van der Waals surface area contributed by atoms with Gasteiger partial charge in [0.1, 0.15) is 6.61 Å². The molecule has 0 saturated heterocycles. The third-order valence-electron chi connectivity index (χ3n) is 2.50. The van der Waals surface area contributed by atoms with Gasteiger partial charge in [0, 0.05) is 12.5 Å². The van der Waals surface area contributed by atoms with Gasteiger partial charge in [-0.05, 0) is 7.05 Å². The highest BCUT2D eigenvalue weighted by Gasteiger charge is 2.06. The fourth-order valence-corrected chi connectivity index (χ4v) is 1.17. The van der Waals surface area contributed by atoms with Crippen LogP contribution in [0.4, 0.5) is 0 Å². The van der Waals surface area contributed by atoms with Gasteiger partial charge in [-0.1, -0.05) is 13.8 Å². The average molecular weight is 291 g/mol. The zero-order valence-electron chi connectivity index (χ0n) is 13.0. The van der Waals surface area contributed by atoms with Crippen LogP contribution in [0, 0.1) is 5.92 Å². The largest absolute Gasteiger partial charge is 0.378 e. The molecule has 0 fully saturated rings. The van der Waals surface area contributed by atoms with Gasteiger partial charge in [0.05, 0.1) is 46.2 Å². The van der Waals surface area contributed by atoms with Crippen LogP contribution >= 0.6 is 0 Å². The Bertz CT molecular complexity index is 224. The van der Waals surface area contributed by atoms with E-state index in [1.54, 1.807) is 0 Å². The van der Waals surface area contributed by atoms with E-state index in [1.165, 1.54) is 0 Å². The number of ketones is 1. The minimum Gasteiger partial charge on any atom is -0.378 e. The molecule has 0 aromatic carbocycles. The van der Waals surface area contributed by atoms with Gasteiger partial charge >= 0.3 is 0 Å². The molecule has 0 amide bonds. The number of rotatable bonds is 15. The second kappa shape index (κ2) is 14.9. The SMILES string of the molecule is CNCCOCCOCCOCCOCC(=O)C(C)C. The molecule has 0 atom stereocenters. The molecule has 0 heterocycles. The van der Waals surface area contributed by atoms with Crippen LogP contribution in [0.1, 0.15) is 13.8 Å². The van der Waals surface area contributed by atoms with E-state index in [-0.39, 0.29) is 18.3 Å². The number of likely N-dealkylation sites (N-methyl/N-ethyl adjacent to an activating group) is 1. The van der Waals surface area contributed by atoms with Crippen molar-refractivity contribution in [1.82, 2.24) is 5.32 Å². The number of nitrogens with one attached hydrogen (secondary N) is 1. The van der Waals surface area contributed by atoms with Crippen molar-refractivity contribution in [2.24, 2.45) is 5.92 Å². The molecule has 120 valence electrons. The molecule has 0 radical (unpaired) electrons. The van der Waals surface area contributed by atoms with E-state index in [0.29, 0.717) is 46.2 Å². The molecule has 6 nitrogen and oxygen atoms in total. The van der Waals surface area contributed by atoms with Crippen molar-refractivity contribution >= 4 is 5.78 Å². The molecular formula is C14H29NO5. The highest BCUT2D eigenvalue weighted by Crippen LogP contribution is 1.94. The molecule has 0 bridgehead atoms. The highest BCUT2D eigenvalue weighted by atomic mass is 16.6. The molecular weight excluding hydrogens is 262 g/mol. The lowest BCUT2D eigenvalue weighted by molar-refractivity contribution is -0.127. The monoisotopic (exact) mass is 291 g/mol. The normalized spacial score (nSPS) is 11.2. The lowest BCUT2D eigenvalue weighted by atomic mass is 10.1. The maximum Gasteiger partial charge on any atom is 0.160 e. The Labute approximate surface area is 122 Å². The van der Waals surface area contributed by atoms with Crippen LogP contribution in [0.5, 0.6) is 0 Å². The van der Waals surface area contributed by atoms with Crippen LogP contribution in [-0.4, -0.2) is 72.2 Å². The summed E-state index contributed by atoms with van der Waals surface area (Å²) in [7, 11) is 1.89. The summed E-state index contributed by atoms with van der Waals surface area (Å²) < 4.78 is 21.1. The summed E-state index contributed by atoms with van der Waals surface area (Å²) in [4.78, 5) is 11.2. The van der Waals surface area contributed by atoms with Crippen molar-refractivity contribution in [3.63, 3.8) is 0 Å². The molecule has 20 heavy (non-hydrogen) atoms. The van der Waals surface area contributed by atoms with Gasteiger partial charge in [-0.2, -0.15) is 0 Å². The van der Waals surface area contributed by atoms with Crippen molar-refractivity contribution in [3.05, 3.63) is 0 Å². The minimum atomic E-state index is 0.0274. The molecule has 0 unspecified atom stereocenters. The van der Waals surface area contributed by atoms with E-state index >= 15 is 0 Å². The van der Waals surface area contributed by atoms with Gasteiger partial charge in [0.25, 0.3) is 0 Å². The first kappa shape index (κ1) is 19.5. The average Bonchev–Trinajstić information content (AvgIpc) is 2.43. The number of Topliss-reactive ketones (excluding diaryl/α,β-unsaturated/α-hetero) is 1. The Hall–Kier alpha value is -0.530. The molecule has 0 aromatic heterocycles. The summed E-state index contributed by atoms with van der Waals surface area (Å²) in [6.45, 7) is 8.60. The molecule has 0 rings (SSSR count). The van der Waals surface area contributed by atoms with E-state index in [2.05, 4.69) is 5.32 Å². The van der Waals surface area contributed by atoms with Crippen LogP contribution in [0.2, 0.25) is 0 Å². The number of hydrogen-bond donors (Lipinski definition) is 1. The second-order valence-corrected chi connectivity index (χ2v) is 4.61. The smallest absolute Gasteiger partial charge is 0.160 e. The maximum absolute atomic E-state index is 11.2. The summed E-state index contributed by atoms with van der Waals surface area (Å²) in [6, 6.07) is 0. The minimum absolute atomic E-state index is 0.0274. The van der Waals surface area contributed by atoms with E-state index in [9.17, 15) is 4.79 Å². The lowest BCUT2D eigenvalue weighted by Crippen LogP contribution is -2.18. The first-order chi connectivity index (χ1) is 9.68. The zero-order chi connectivity index (χ0) is 15.1. The highest BCUT2D eigenvalue weighted by molar-refractivity contribution is 5.81.